The second kappa shape index (κ2) is 6.46. The van der Waals surface area contributed by atoms with E-state index in [0.717, 1.165) is 39.3 Å². The Morgan fingerprint density at radius 3 is 2.62 bits per heavy atom. The lowest BCUT2D eigenvalue weighted by atomic mass is 9.80. The SMILES string of the molecule is CC1=CC(C)(C)Nc2ccc3c(c21)[C@@H](c1cc(F)cc(Br)c1)Oc1ccccc1-3. The van der Waals surface area contributed by atoms with Crippen LogP contribution in [0.3, 0.4) is 0 Å². The van der Waals surface area contributed by atoms with Gasteiger partial charge in [-0.3, -0.25) is 0 Å². The van der Waals surface area contributed by atoms with Crippen molar-refractivity contribution in [3.63, 3.8) is 0 Å². The Labute approximate surface area is 178 Å². The van der Waals surface area contributed by atoms with Gasteiger partial charge in [0.15, 0.2) is 6.10 Å². The van der Waals surface area contributed by atoms with Crippen LogP contribution in [-0.4, -0.2) is 5.54 Å². The summed E-state index contributed by atoms with van der Waals surface area (Å²) in [6.07, 6.45) is 1.85. The van der Waals surface area contributed by atoms with Crippen LogP contribution >= 0.6 is 15.9 Å². The van der Waals surface area contributed by atoms with Crippen LogP contribution in [0, 0.1) is 5.82 Å². The van der Waals surface area contributed by atoms with E-state index in [1.165, 1.54) is 11.6 Å². The number of ether oxygens (including phenoxy) is 1. The third-order valence-corrected chi connectivity index (χ3v) is 6.00. The number of allylic oxidation sites excluding steroid dienone is 1. The number of halogens is 2. The van der Waals surface area contributed by atoms with Gasteiger partial charge in [-0.15, -0.1) is 0 Å². The number of fused-ring (bicyclic) bond motifs is 5. The molecule has 0 aromatic heterocycles. The molecule has 0 spiro atoms. The average molecular weight is 450 g/mol. The fourth-order valence-electron chi connectivity index (χ4n) is 4.59. The Balaban J connectivity index is 1.82. The smallest absolute Gasteiger partial charge is 0.150 e. The summed E-state index contributed by atoms with van der Waals surface area (Å²) in [7, 11) is 0. The monoisotopic (exact) mass is 449 g/mol. The molecule has 0 amide bonds. The standard InChI is InChI=1S/C25H21BrFNO/c1-14-13-25(2,3)28-20-9-8-19-18-6-4-5-7-21(18)29-24(23(19)22(14)20)15-10-16(26)12-17(27)11-15/h4-13,24,28H,1-3H3/t24-/m1/s1. The summed E-state index contributed by atoms with van der Waals surface area (Å²) in [6, 6.07) is 17.3. The number of benzene rings is 3. The third kappa shape index (κ3) is 3.06. The summed E-state index contributed by atoms with van der Waals surface area (Å²) in [5.74, 6) is 0.533. The molecule has 1 N–H and O–H groups in total. The van der Waals surface area contributed by atoms with Crippen LogP contribution in [-0.2, 0) is 0 Å². The largest absolute Gasteiger partial charge is 0.480 e. The lowest BCUT2D eigenvalue weighted by molar-refractivity contribution is 0.242. The maximum absolute atomic E-state index is 14.3. The fourth-order valence-corrected chi connectivity index (χ4v) is 5.07. The van der Waals surface area contributed by atoms with Gasteiger partial charge in [0, 0.05) is 32.4 Å². The molecule has 2 aliphatic heterocycles. The predicted octanol–water partition coefficient (Wildman–Crippen LogP) is 7.34. The van der Waals surface area contributed by atoms with Gasteiger partial charge in [0.05, 0.1) is 5.54 Å². The topological polar surface area (TPSA) is 21.3 Å². The van der Waals surface area contributed by atoms with Crippen molar-refractivity contribution in [2.45, 2.75) is 32.4 Å². The summed E-state index contributed by atoms with van der Waals surface area (Å²) in [4.78, 5) is 0. The van der Waals surface area contributed by atoms with Crippen molar-refractivity contribution in [2.75, 3.05) is 5.32 Å². The minimum atomic E-state index is -0.395. The van der Waals surface area contributed by atoms with Crippen molar-refractivity contribution in [1.82, 2.24) is 0 Å². The first-order valence-electron chi connectivity index (χ1n) is 9.69. The van der Waals surface area contributed by atoms with E-state index in [4.69, 9.17) is 4.74 Å². The van der Waals surface area contributed by atoms with E-state index in [-0.39, 0.29) is 11.4 Å². The lowest BCUT2D eigenvalue weighted by Gasteiger charge is -2.37. The maximum atomic E-state index is 14.3. The number of nitrogens with one attached hydrogen (secondary N) is 1. The zero-order valence-corrected chi connectivity index (χ0v) is 18.1. The van der Waals surface area contributed by atoms with Gasteiger partial charge in [0.2, 0.25) is 0 Å². The molecule has 0 fully saturated rings. The molecule has 0 radical (unpaired) electrons. The summed E-state index contributed by atoms with van der Waals surface area (Å²) < 4.78 is 21.4. The summed E-state index contributed by atoms with van der Waals surface area (Å²) >= 11 is 3.43. The molecular weight excluding hydrogens is 429 g/mol. The molecule has 2 nitrogen and oxygen atoms in total. The molecule has 0 unspecified atom stereocenters. The first-order valence-corrected chi connectivity index (χ1v) is 10.5. The Hall–Kier alpha value is -2.59. The van der Waals surface area contributed by atoms with E-state index in [1.807, 2.05) is 24.3 Å². The van der Waals surface area contributed by atoms with Gasteiger partial charge in [-0.1, -0.05) is 46.3 Å². The zero-order chi connectivity index (χ0) is 20.3. The second-order valence-electron chi connectivity index (χ2n) is 8.32. The van der Waals surface area contributed by atoms with E-state index in [9.17, 15) is 4.39 Å². The van der Waals surface area contributed by atoms with Crippen molar-refractivity contribution >= 4 is 27.2 Å². The molecule has 3 aromatic rings. The number of rotatable bonds is 1. The maximum Gasteiger partial charge on any atom is 0.150 e. The van der Waals surface area contributed by atoms with E-state index in [0.29, 0.717) is 4.47 Å². The van der Waals surface area contributed by atoms with Gasteiger partial charge in [-0.05, 0) is 62.2 Å². The van der Waals surface area contributed by atoms with Crippen LogP contribution in [0.25, 0.3) is 16.7 Å². The first-order chi connectivity index (χ1) is 13.8. The van der Waals surface area contributed by atoms with Crippen molar-refractivity contribution < 1.29 is 9.13 Å². The normalized spacial score (nSPS) is 18.5. The Morgan fingerprint density at radius 2 is 1.83 bits per heavy atom. The van der Waals surface area contributed by atoms with Crippen LogP contribution in [0.5, 0.6) is 5.75 Å². The quantitative estimate of drug-likeness (QED) is 0.419. The van der Waals surface area contributed by atoms with Crippen LogP contribution in [0.2, 0.25) is 0 Å². The number of hydrogen-bond acceptors (Lipinski definition) is 2. The van der Waals surface area contributed by atoms with Gasteiger partial charge in [-0.2, -0.15) is 0 Å². The molecule has 0 saturated heterocycles. The average Bonchev–Trinajstić information content (AvgIpc) is 2.65. The van der Waals surface area contributed by atoms with Crippen LogP contribution in [0.15, 0.2) is 65.1 Å². The van der Waals surface area contributed by atoms with Gasteiger partial charge in [0.1, 0.15) is 11.6 Å². The van der Waals surface area contributed by atoms with Crippen LogP contribution in [0.4, 0.5) is 10.1 Å². The molecule has 5 rings (SSSR count). The fraction of sp³-hybridized carbons (Fsp3) is 0.200. The summed E-state index contributed by atoms with van der Waals surface area (Å²) in [5, 5.41) is 3.62. The number of para-hydroxylation sites is 1. The van der Waals surface area contributed by atoms with Crippen LogP contribution < -0.4 is 10.1 Å². The molecule has 146 valence electrons. The molecule has 1 atom stereocenters. The predicted molar refractivity (Wildman–Crippen MR) is 120 cm³/mol. The third-order valence-electron chi connectivity index (χ3n) is 5.55. The molecule has 0 saturated carbocycles. The highest BCUT2D eigenvalue weighted by Gasteiger charge is 2.34. The minimum Gasteiger partial charge on any atom is -0.480 e. The highest BCUT2D eigenvalue weighted by molar-refractivity contribution is 9.10. The molecule has 3 aromatic carbocycles. The Bertz CT molecular complexity index is 1160. The van der Waals surface area contributed by atoms with E-state index in [1.54, 1.807) is 6.07 Å². The minimum absolute atomic E-state index is 0.129. The Morgan fingerprint density at radius 1 is 1.03 bits per heavy atom. The van der Waals surface area contributed by atoms with Crippen molar-refractivity contribution in [3.8, 4) is 16.9 Å². The van der Waals surface area contributed by atoms with E-state index < -0.39 is 6.10 Å². The summed E-state index contributed by atoms with van der Waals surface area (Å²) in [5.41, 5.74) is 7.35. The molecule has 2 heterocycles. The highest BCUT2D eigenvalue weighted by Crippen LogP contribution is 2.50. The molecule has 29 heavy (non-hydrogen) atoms. The van der Waals surface area contributed by atoms with Gasteiger partial charge >= 0.3 is 0 Å². The summed E-state index contributed by atoms with van der Waals surface area (Å²) in [6.45, 7) is 6.46. The van der Waals surface area contributed by atoms with Crippen molar-refractivity contribution in [2.24, 2.45) is 0 Å². The number of hydrogen-bond donors (Lipinski definition) is 1. The Kier molecular flexibility index (Phi) is 4.11. The highest BCUT2D eigenvalue weighted by atomic mass is 79.9. The second-order valence-corrected chi connectivity index (χ2v) is 9.24. The van der Waals surface area contributed by atoms with Gasteiger partial charge < -0.3 is 10.1 Å². The van der Waals surface area contributed by atoms with Crippen molar-refractivity contribution in [3.05, 3.63) is 87.7 Å². The van der Waals surface area contributed by atoms with E-state index >= 15 is 0 Å². The van der Waals surface area contributed by atoms with E-state index in [2.05, 4.69) is 66.3 Å². The van der Waals surface area contributed by atoms with Gasteiger partial charge in [0.25, 0.3) is 0 Å². The molecule has 2 aliphatic rings. The first kappa shape index (κ1) is 18.4. The molecule has 4 heteroatoms. The van der Waals surface area contributed by atoms with Crippen molar-refractivity contribution in [1.29, 1.82) is 0 Å². The van der Waals surface area contributed by atoms with Gasteiger partial charge in [-0.25, -0.2) is 4.39 Å². The molecule has 0 bridgehead atoms. The van der Waals surface area contributed by atoms with Crippen LogP contribution in [0.1, 0.15) is 43.6 Å². The molecule has 0 aliphatic carbocycles. The lowest BCUT2D eigenvalue weighted by Crippen LogP contribution is -2.32. The number of anilines is 1. The molecular formula is C25H21BrFNO. The zero-order valence-electron chi connectivity index (χ0n) is 16.5.